The molecule has 0 bridgehead atoms. The molecular weight excluding hydrogens is 318 g/mol. The highest BCUT2D eigenvalue weighted by Gasteiger charge is 2.11. The summed E-state index contributed by atoms with van der Waals surface area (Å²) in [6.07, 6.45) is 0.454. The van der Waals surface area contributed by atoms with Crippen molar-refractivity contribution in [1.82, 2.24) is 9.78 Å². The number of benzene rings is 1. The number of aromatic nitrogens is 2. The van der Waals surface area contributed by atoms with Crippen LogP contribution < -0.4 is 5.32 Å². The Morgan fingerprint density at radius 2 is 2.05 bits per heavy atom. The van der Waals surface area contributed by atoms with Gasteiger partial charge in [0, 0.05) is 34.2 Å². The van der Waals surface area contributed by atoms with Gasteiger partial charge in [0.15, 0.2) is 0 Å². The fraction of sp³-hybridized carbons (Fsp3) is 0.375. The molecule has 6 heteroatoms. The normalized spacial score (nSPS) is 11.0. The Morgan fingerprint density at radius 1 is 1.36 bits per heavy atom. The summed E-state index contributed by atoms with van der Waals surface area (Å²) in [6.45, 7) is 6.00. The number of hydrogen-bond donors (Lipinski definition) is 1. The average molecular weight is 338 g/mol. The van der Waals surface area contributed by atoms with Crippen LogP contribution in [0.3, 0.4) is 0 Å². The van der Waals surface area contributed by atoms with E-state index in [4.69, 9.17) is 11.6 Å². The van der Waals surface area contributed by atoms with Crippen LogP contribution in [0.4, 0.5) is 5.82 Å². The van der Waals surface area contributed by atoms with E-state index in [9.17, 15) is 4.79 Å². The van der Waals surface area contributed by atoms with E-state index in [-0.39, 0.29) is 11.9 Å². The van der Waals surface area contributed by atoms with Crippen LogP contribution in [-0.4, -0.2) is 21.4 Å². The van der Waals surface area contributed by atoms with Crippen molar-refractivity contribution in [2.24, 2.45) is 0 Å². The van der Waals surface area contributed by atoms with Crippen molar-refractivity contribution in [2.75, 3.05) is 11.1 Å². The molecule has 1 heterocycles. The van der Waals surface area contributed by atoms with Crippen molar-refractivity contribution >= 4 is 35.1 Å². The largest absolute Gasteiger partial charge is 0.311 e. The van der Waals surface area contributed by atoms with E-state index in [1.54, 1.807) is 11.8 Å². The summed E-state index contributed by atoms with van der Waals surface area (Å²) < 4.78 is 1.83. The number of carbonyl (C=O) groups excluding carboxylic acids is 1. The lowest BCUT2D eigenvalue weighted by Crippen LogP contribution is -2.16. The van der Waals surface area contributed by atoms with E-state index in [1.165, 1.54) is 0 Å². The number of nitrogens with one attached hydrogen (secondary N) is 1. The monoisotopic (exact) mass is 337 g/mol. The molecule has 0 radical (unpaired) electrons. The van der Waals surface area contributed by atoms with E-state index in [2.05, 4.69) is 10.4 Å². The van der Waals surface area contributed by atoms with E-state index in [0.29, 0.717) is 6.42 Å². The molecule has 0 saturated heterocycles. The van der Waals surface area contributed by atoms with Gasteiger partial charge in [0.1, 0.15) is 5.82 Å². The topological polar surface area (TPSA) is 46.9 Å². The first-order chi connectivity index (χ1) is 10.5. The highest BCUT2D eigenvalue weighted by molar-refractivity contribution is 7.99. The summed E-state index contributed by atoms with van der Waals surface area (Å²) in [5, 5.41) is 8.04. The Labute approximate surface area is 140 Å². The van der Waals surface area contributed by atoms with Crippen LogP contribution in [-0.2, 0) is 4.79 Å². The molecule has 4 nitrogen and oxygen atoms in total. The average Bonchev–Trinajstić information content (AvgIpc) is 2.82. The SMILES string of the molecule is Cc1cc(NC(=O)CCSc2ccc(Cl)cc2)n(C(C)C)n1. The van der Waals surface area contributed by atoms with Crippen LogP contribution in [0.2, 0.25) is 5.02 Å². The van der Waals surface area contributed by atoms with Crippen LogP contribution in [0, 0.1) is 6.92 Å². The maximum Gasteiger partial charge on any atom is 0.226 e. The highest BCUT2D eigenvalue weighted by Crippen LogP contribution is 2.21. The summed E-state index contributed by atoms with van der Waals surface area (Å²) in [5.74, 6) is 1.49. The second-order valence-electron chi connectivity index (χ2n) is 5.31. The molecule has 0 aliphatic rings. The molecule has 2 rings (SSSR count). The van der Waals surface area contributed by atoms with Gasteiger partial charge in [0.25, 0.3) is 0 Å². The molecule has 2 aromatic rings. The van der Waals surface area contributed by atoms with Crippen molar-refractivity contribution < 1.29 is 4.79 Å². The molecule has 0 saturated carbocycles. The lowest BCUT2D eigenvalue weighted by atomic mass is 10.4. The molecule has 0 aliphatic heterocycles. The predicted octanol–water partition coefficient (Wildman–Crippen LogP) is 4.55. The second kappa shape index (κ2) is 7.70. The molecule has 22 heavy (non-hydrogen) atoms. The van der Waals surface area contributed by atoms with Crippen molar-refractivity contribution in [1.29, 1.82) is 0 Å². The predicted molar refractivity (Wildman–Crippen MR) is 92.8 cm³/mol. The number of anilines is 1. The van der Waals surface area contributed by atoms with Crippen LogP contribution in [0.1, 0.15) is 32.0 Å². The van der Waals surface area contributed by atoms with Crippen LogP contribution >= 0.6 is 23.4 Å². The Kier molecular flexibility index (Phi) is 5.91. The molecule has 118 valence electrons. The molecule has 0 spiro atoms. The van der Waals surface area contributed by atoms with Crippen molar-refractivity contribution in [3.63, 3.8) is 0 Å². The number of nitrogens with zero attached hydrogens (tertiary/aromatic N) is 2. The Morgan fingerprint density at radius 3 is 2.68 bits per heavy atom. The molecule has 0 fully saturated rings. The Hall–Kier alpha value is -1.46. The molecule has 1 amide bonds. The zero-order valence-electron chi connectivity index (χ0n) is 13.0. The van der Waals surface area contributed by atoms with Gasteiger partial charge in [-0.15, -0.1) is 11.8 Å². The summed E-state index contributed by atoms with van der Waals surface area (Å²) in [6, 6.07) is 9.74. The van der Waals surface area contributed by atoms with E-state index >= 15 is 0 Å². The number of carbonyl (C=O) groups is 1. The minimum atomic E-state index is 0.00302. The second-order valence-corrected chi connectivity index (χ2v) is 6.91. The van der Waals surface area contributed by atoms with E-state index in [1.807, 2.05) is 55.8 Å². The van der Waals surface area contributed by atoms with Gasteiger partial charge in [-0.25, -0.2) is 4.68 Å². The third-order valence-corrected chi connectivity index (χ3v) is 4.29. The zero-order chi connectivity index (χ0) is 16.1. The van der Waals surface area contributed by atoms with Crippen molar-refractivity contribution in [3.05, 3.63) is 41.0 Å². The molecule has 0 atom stereocenters. The van der Waals surface area contributed by atoms with Gasteiger partial charge in [-0.1, -0.05) is 11.6 Å². The smallest absolute Gasteiger partial charge is 0.226 e. The summed E-state index contributed by atoms with van der Waals surface area (Å²) in [5.41, 5.74) is 0.902. The standard InChI is InChI=1S/C16H20ClN3OS/c1-11(2)20-15(10-12(3)19-20)18-16(21)8-9-22-14-6-4-13(17)5-7-14/h4-7,10-11H,8-9H2,1-3H3,(H,18,21). The first-order valence-electron chi connectivity index (χ1n) is 7.20. The fourth-order valence-corrected chi connectivity index (χ4v) is 2.98. The molecule has 1 aromatic carbocycles. The zero-order valence-corrected chi connectivity index (χ0v) is 14.5. The van der Waals surface area contributed by atoms with E-state index in [0.717, 1.165) is 27.2 Å². The van der Waals surface area contributed by atoms with Gasteiger partial charge in [-0.2, -0.15) is 5.10 Å². The fourth-order valence-electron chi connectivity index (χ4n) is 2.00. The van der Waals surface area contributed by atoms with Crippen LogP contribution in [0.25, 0.3) is 0 Å². The summed E-state index contributed by atoms with van der Waals surface area (Å²) in [4.78, 5) is 13.2. The number of halogens is 1. The number of thioether (sulfide) groups is 1. The molecule has 1 aromatic heterocycles. The van der Waals surface area contributed by atoms with E-state index < -0.39 is 0 Å². The lowest BCUT2D eigenvalue weighted by Gasteiger charge is -2.11. The molecule has 1 N–H and O–H groups in total. The van der Waals surface area contributed by atoms with Gasteiger partial charge >= 0.3 is 0 Å². The molecular formula is C16H20ClN3OS. The first kappa shape index (κ1) is 16.9. The quantitative estimate of drug-likeness (QED) is 0.787. The number of amides is 1. The summed E-state index contributed by atoms with van der Waals surface area (Å²) >= 11 is 7.49. The van der Waals surface area contributed by atoms with Crippen LogP contribution in [0.5, 0.6) is 0 Å². The third kappa shape index (κ3) is 4.78. The van der Waals surface area contributed by atoms with Gasteiger partial charge < -0.3 is 5.32 Å². The lowest BCUT2D eigenvalue weighted by molar-refractivity contribution is -0.115. The van der Waals surface area contributed by atoms with Gasteiger partial charge in [0.05, 0.1) is 5.69 Å². The minimum Gasteiger partial charge on any atom is -0.311 e. The Bertz CT molecular complexity index is 637. The Balaban J connectivity index is 1.84. The van der Waals surface area contributed by atoms with Gasteiger partial charge in [0.2, 0.25) is 5.91 Å². The van der Waals surface area contributed by atoms with Gasteiger partial charge in [-0.05, 0) is 45.0 Å². The third-order valence-electron chi connectivity index (χ3n) is 3.03. The number of rotatable bonds is 6. The highest BCUT2D eigenvalue weighted by atomic mass is 35.5. The minimum absolute atomic E-state index is 0.00302. The maximum atomic E-state index is 12.1. The molecule has 0 unspecified atom stereocenters. The number of hydrogen-bond acceptors (Lipinski definition) is 3. The molecule has 0 aliphatic carbocycles. The number of aryl methyl sites for hydroxylation is 1. The summed E-state index contributed by atoms with van der Waals surface area (Å²) in [7, 11) is 0. The maximum absolute atomic E-state index is 12.1. The van der Waals surface area contributed by atoms with Crippen LogP contribution in [0.15, 0.2) is 35.2 Å². The first-order valence-corrected chi connectivity index (χ1v) is 8.56. The van der Waals surface area contributed by atoms with Gasteiger partial charge in [-0.3, -0.25) is 4.79 Å². The van der Waals surface area contributed by atoms with Crippen molar-refractivity contribution in [2.45, 2.75) is 38.1 Å². The van der Waals surface area contributed by atoms with Crippen molar-refractivity contribution in [3.8, 4) is 0 Å².